The summed E-state index contributed by atoms with van der Waals surface area (Å²) in [6.45, 7) is 6.23. The number of halogens is 1. The van der Waals surface area contributed by atoms with Crippen molar-refractivity contribution in [3.8, 4) is 0 Å². The first-order chi connectivity index (χ1) is 21.1. The Labute approximate surface area is 268 Å². The highest BCUT2D eigenvalue weighted by Gasteiger charge is 2.41. The van der Waals surface area contributed by atoms with Gasteiger partial charge in [-0.05, 0) is 65.6 Å². The maximum atomic E-state index is 14.0. The number of hydrogen-bond donors (Lipinski definition) is 3. The maximum absolute atomic E-state index is 14.0. The first-order valence-electron chi connectivity index (χ1n) is 16.3. The van der Waals surface area contributed by atoms with Crippen LogP contribution in [-0.4, -0.2) is 63.8 Å². The minimum Gasteiger partial charge on any atom is -0.349 e. The fourth-order valence-electron chi connectivity index (χ4n) is 6.49. The van der Waals surface area contributed by atoms with Crippen LogP contribution in [0.4, 0.5) is 0 Å². The second kappa shape index (κ2) is 15.8. The number of rotatable bonds is 11. The number of piperidine rings is 1. The molecular weight excluding hydrogens is 624 g/mol. The van der Waals surface area contributed by atoms with Gasteiger partial charge >= 0.3 is 0 Å². The van der Waals surface area contributed by atoms with Crippen LogP contribution in [0.15, 0.2) is 28.9 Å². The van der Waals surface area contributed by atoms with Gasteiger partial charge in [0, 0.05) is 49.0 Å². The molecule has 2 aliphatic heterocycles. The number of aromatic amines is 1. The smallest absolute Gasteiger partial charge is 0.246 e. The number of para-hydroxylation sites is 1. The molecule has 0 aliphatic carbocycles. The van der Waals surface area contributed by atoms with Gasteiger partial charge < -0.3 is 20.5 Å². The largest absolute Gasteiger partial charge is 0.349 e. The van der Waals surface area contributed by atoms with E-state index in [4.69, 9.17) is 0 Å². The van der Waals surface area contributed by atoms with Crippen LogP contribution in [0.2, 0.25) is 0 Å². The lowest BCUT2D eigenvalue weighted by molar-refractivity contribution is -0.147. The summed E-state index contributed by atoms with van der Waals surface area (Å²) in [5.74, 6) is -1.61. The molecule has 2 aromatic rings. The van der Waals surface area contributed by atoms with Gasteiger partial charge in [0.25, 0.3) is 0 Å². The van der Waals surface area contributed by atoms with Crippen molar-refractivity contribution < 1.29 is 24.0 Å². The fraction of sp³-hybridized carbons (Fsp3) is 0.618. The van der Waals surface area contributed by atoms with E-state index in [1.165, 1.54) is 0 Å². The number of nitrogens with one attached hydrogen (secondary N) is 3. The third-order valence-electron chi connectivity index (χ3n) is 9.46. The highest BCUT2D eigenvalue weighted by molar-refractivity contribution is 9.10. The SMILES string of the molecule is CCC(=O)CCCCC[C@@H]1CC(=O)[C@H]2CCCCN2C(=O)[C@H](C(C)CC)NC(=O)[C@H](Cc2c(Br)[nH]c3ccccc23)NC1=O. The van der Waals surface area contributed by atoms with Crippen LogP contribution in [-0.2, 0) is 30.4 Å². The van der Waals surface area contributed by atoms with Gasteiger partial charge in [0.1, 0.15) is 17.9 Å². The number of nitrogens with zero attached hydrogens (tertiary/aromatic N) is 1. The number of carbonyl (C=O) groups is 5. The molecule has 0 spiro atoms. The maximum Gasteiger partial charge on any atom is 0.246 e. The Bertz CT molecular complexity index is 1360. The van der Waals surface area contributed by atoms with Gasteiger partial charge in [0.2, 0.25) is 17.7 Å². The molecule has 4 rings (SSSR count). The van der Waals surface area contributed by atoms with E-state index in [1.54, 1.807) is 4.90 Å². The quantitative estimate of drug-likeness (QED) is 0.276. The molecule has 9 nitrogen and oxygen atoms in total. The minimum absolute atomic E-state index is 0.0211. The van der Waals surface area contributed by atoms with E-state index in [-0.39, 0.29) is 42.1 Å². The van der Waals surface area contributed by atoms with Crippen LogP contribution >= 0.6 is 15.9 Å². The first-order valence-corrected chi connectivity index (χ1v) is 17.1. The Morgan fingerprint density at radius 1 is 1.02 bits per heavy atom. The van der Waals surface area contributed by atoms with Gasteiger partial charge in [-0.1, -0.05) is 58.2 Å². The lowest BCUT2D eigenvalue weighted by atomic mass is 9.87. The third kappa shape index (κ3) is 8.17. The Hall–Kier alpha value is -3.01. The average molecular weight is 672 g/mol. The zero-order valence-corrected chi connectivity index (χ0v) is 27.8. The number of ketones is 2. The molecular formula is C34H47BrN4O5. The molecule has 0 radical (unpaired) electrons. The predicted octanol–water partition coefficient (Wildman–Crippen LogP) is 5.39. The second-order valence-corrected chi connectivity index (χ2v) is 13.3. The minimum atomic E-state index is -0.950. The van der Waals surface area contributed by atoms with Crippen molar-refractivity contribution >= 4 is 56.1 Å². The molecule has 3 N–H and O–H groups in total. The van der Waals surface area contributed by atoms with Gasteiger partial charge in [0.15, 0.2) is 5.78 Å². The zero-order valence-electron chi connectivity index (χ0n) is 26.3. The van der Waals surface area contributed by atoms with Crippen molar-refractivity contribution in [2.75, 3.05) is 6.54 Å². The first kappa shape index (κ1) is 33.9. The van der Waals surface area contributed by atoms with Crippen molar-refractivity contribution in [2.45, 2.75) is 116 Å². The van der Waals surface area contributed by atoms with Crippen molar-refractivity contribution in [3.05, 3.63) is 34.4 Å². The molecule has 1 aromatic heterocycles. The van der Waals surface area contributed by atoms with Crippen molar-refractivity contribution in [2.24, 2.45) is 11.8 Å². The number of H-pyrrole nitrogens is 1. The summed E-state index contributed by atoms with van der Waals surface area (Å²) in [4.78, 5) is 72.5. The number of hydrogen-bond acceptors (Lipinski definition) is 5. The second-order valence-electron chi connectivity index (χ2n) is 12.5. The van der Waals surface area contributed by atoms with Gasteiger partial charge in [-0.25, -0.2) is 0 Å². The van der Waals surface area contributed by atoms with Gasteiger partial charge in [-0.3, -0.25) is 24.0 Å². The van der Waals surface area contributed by atoms with E-state index >= 15 is 0 Å². The molecule has 240 valence electrons. The summed E-state index contributed by atoms with van der Waals surface area (Å²) >= 11 is 3.61. The lowest BCUT2D eigenvalue weighted by Gasteiger charge is -2.39. The molecule has 0 saturated carbocycles. The summed E-state index contributed by atoms with van der Waals surface area (Å²) in [5, 5.41) is 6.95. The van der Waals surface area contributed by atoms with Crippen molar-refractivity contribution in [1.29, 1.82) is 0 Å². The monoisotopic (exact) mass is 670 g/mol. The van der Waals surface area contributed by atoms with E-state index in [2.05, 4.69) is 31.5 Å². The van der Waals surface area contributed by atoms with Crippen LogP contribution in [0, 0.1) is 11.8 Å². The summed E-state index contributed by atoms with van der Waals surface area (Å²) in [7, 11) is 0. The van der Waals surface area contributed by atoms with E-state index < -0.39 is 30.0 Å². The summed E-state index contributed by atoms with van der Waals surface area (Å²) in [5.41, 5.74) is 1.76. The summed E-state index contributed by atoms with van der Waals surface area (Å²) < 4.78 is 0.728. The van der Waals surface area contributed by atoms with Crippen LogP contribution in [0.5, 0.6) is 0 Å². The topological polar surface area (TPSA) is 128 Å². The summed E-state index contributed by atoms with van der Waals surface area (Å²) in [6, 6.07) is 5.43. The number of fused-ring (bicyclic) bond motifs is 2. The third-order valence-corrected chi connectivity index (χ3v) is 10.1. The van der Waals surface area contributed by atoms with Crippen LogP contribution < -0.4 is 10.6 Å². The number of benzene rings is 1. The molecule has 3 heterocycles. The molecule has 2 aliphatic rings. The van der Waals surface area contributed by atoms with Crippen LogP contribution in [0.1, 0.15) is 97.0 Å². The molecule has 2 fully saturated rings. The average Bonchev–Trinajstić information content (AvgIpc) is 3.35. The van der Waals surface area contributed by atoms with Crippen LogP contribution in [0.3, 0.4) is 0 Å². The molecule has 5 atom stereocenters. The predicted molar refractivity (Wildman–Crippen MR) is 174 cm³/mol. The lowest BCUT2D eigenvalue weighted by Crippen LogP contribution is -2.61. The zero-order chi connectivity index (χ0) is 31.8. The fourth-order valence-corrected chi connectivity index (χ4v) is 7.08. The van der Waals surface area contributed by atoms with Gasteiger partial charge in [-0.2, -0.15) is 0 Å². The van der Waals surface area contributed by atoms with E-state index in [9.17, 15) is 24.0 Å². The standard InChI is InChI=1S/C34H47BrN4O5/c1-4-21(3)30-34(44)39-18-12-11-17-28(39)29(41)19-22(13-7-6-8-14-23(40)5-2)32(42)37-27(33(43)38-30)20-25-24-15-9-10-16-26(24)36-31(25)35/h9-10,15-16,21-22,27-28,30,36H,4-8,11-14,17-20H2,1-3H3,(H,37,42)(H,38,43)/t21?,22-,27+,28-,30+/m1/s1. The molecule has 10 heteroatoms. The van der Waals surface area contributed by atoms with Gasteiger partial charge in [0.05, 0.1) is 10.6 Å². The highest BCUT2D eigenvalue weighted by atomic mass is 79.9. The number of aromatic nitrogens is 1. The number of unbranched alkanes of at least 4 members (excludes halogenated alkanes) is 2. The Balaban J connectivity index is 1.66. The Morgan fingerprint density at radius 2 is 1.80 bits per heavy atom. The molecule has 0 bridgehead atoms. The molecule has 44 heavy (non-hydrogen) atoms. The van der Waals surface area contributed by atoms with Crippen LogP contribution in [0.25, 0.3) is 10.9 Å². The van der Waals surface area contributed by atoms with Crippen molar-refractivity contribution in [3.63, 3.8) is 0 Å². The summed E-state index contributed by atoms with van der Waals surface area (Å²) in [6.07, 6.45) is 6.82. The van der Waals surface area contributed by atoms with Crippen molar-refractivity contribution in [1.82, 2.24) is 20.5 Å². The van der Waals surface area contributed by atoms with E-state index in [1.807, 2.05) is 45.0 Å². The molecule has 2 saturated heterocycles. The molecule has 1 aromatic carbocycles. The molecule has 1 unspecified atom stereocenters. The normalized spacial score (nSPS) is 24.2. The Morgan fingerprint density at radius 3 is 2.55 bits per heavy atom. The Kier molecular flexibility index (Phi) is 12.2. The van der Waals surface area contributed by atoms with Gasteiger partial charge in [-0.15, -0.1) is 0 Å². The number of Topliss-reactive ketones (excluding diaryl/α,β-unsaturated/α-hetero) is 2. The van der Waals surface area contributed by atoms with E-state index in [0.717, 1.165) is 46.8 Å². The molecule has 3 amide bonds. The van der Waals surface area contributed by atoms with E-state index in [0.29, 0.717) is 45.1 Å². The number of carbonyl (C=O) groups excluding carboxylic acids is 5. The number of amides is 3. The highest BCUT2D eigenvalue weighted by Crippen LogP contribution is 2.29.